The Balaban J connectivity index is 1.25. The van der Waals surface area contributed by atoms with Crippen LogP contribution in [0.1, 0.15) is 22.3 Å². The summed E-state index contributed by atoms with van der Waals surface area (Å²) in [6.07, 6.45) is 2.08. The lowest BCUT2D eigenvalue weighted by Crippen LogP contribution is -2.49. The molecule has 150 valence electrons. The average molecular weight is 410 g/mol. The van der Waals surface area contributed by atoms with Crippen LogP contribution >= 0.6 is 11.3 Å². The monoisotopic (exact) mass is 409 g/mol. The number of hydrogen-bond donors (Lipinski definition) is 1. The van der Waals surface area contributed by atoms with E-state index < -0.39 is 0 Å². The van der Waals surface area contributed by atoms with Crippen LogP contribution in [0.4, 0.5) is 5.13 Å². The lowest BCUT2D eigenvalue weighted by atomic mass is 10.1. The molecule has 1 aromatic carbocycles. The van der Waals surface area contributed by atoms with Crippen LogP contribution in [0.3, 0.4) is 0 Å². The number of hydrogen-bond acceptors (Lipinski definition) is 6. The predicted molar refractivity (Wildman–Crippen MR) is 114 cm³/mol. The van der Waals surface area contributed by atoms with Gasteiger partial charge in [-0.15, -0.1) is 0 Å². The van der Waals surface area contributed by atoms with Gasteiger partial charge in [0.05, 0.1) is 0 Å². The Morgan fingerprint density at radius 2 is 1.90 bits per heavy atom. The Morgan fingerprint density at radius 3 is 2.66 bits per heavy atom. The van der Waals surface area contributed by atoms with Crippen LogP contribution in [-0.2, 0) is 4.79 Å². The minimum Gasteiger partial charge on any atom is -0.352 e. The van der Waals surface area contributed by atoms with Crippen molar-refractivity contribution >= 4 is 38.6 Å². The van der Waals surface area contributed by atoms with Gasteiger partial charge < -0.3 is 15.1 Å². The maximum atomic E-state index is 12.5. The molecule has 0 aliphatic carbocycles. The van der Waals surface area contributed by atoms with E-state index in [1.54, 1.807) is 23.6 Å². The van der Waals surface area contributed by atoms with Gasteiger partial charge in [0.15, 0.2) is 5.13 Å². The maximum absolute atomic E-state index is 12.5. The fourth-order valence-electron chi connectivity index (χ4n) is 3.40. The zero-order chi connectivity index (χ0) is 20.2. The Kier molecular flexibility index (Phi) is 5.71. The van der Waals surface area contributed by atoms with Gasteiger partial charge in [0.2, 0.25) is 5.91 Å². The minimum absolute atomic E-state index is 0.0701. The van der Waals surface area contributed by atoms with Crippen molar-refractivity contribution in [2.75, 3.05) is 37.6 Å². The van der Waals surface area contributed by atoms with Gasteiger partial charge in [0, 0.05) is 50.9 Å². The largest absolute Gasteiger partial charge is 0.352 e. The van der Waals surface area contributed by atoms with E-state index in [4.69, 9.17) is 0 Å². The Labute approximate surface area is 173 Å². The molecule has 8 heteroatoms. The highest BCUT2D eigenvalue weighted by Crippen LogP contribution is 2.27. The van der Waals surface area contributed by atoms with Crippen molar-refractivity contribution in [2.45, 2.75) is 13.3 Å². The highest BCUT2D eigenvalue weighted by atomic mass is 32.1. The first-order valence-corrected chi connectivity index (χ1v) is 10.5. The average Bonchev–Trinajstić information content (AvgIpc) is 3.18. The number of aryl methyl sites for hydroxylation is 1. The van der Waals surface area contributed by atoms with E-state index in [1.165, 1.54) is 0 Å². The molecular weight excluding hydrogens is 386 g/mol. The molecule has 0 saturated carbocycles. The lowest BCUT2D eigenvalue weighted by Gasteiger charge is -2.34. The smallest absolute Gasteiger partial charge is 0.251 e. The molecule has 1 aliphatic heterocycles. The standard InChI is InChI=1S/C21H23N5O2S/c1-15-5-2-3-6-16(15)19(28)22-10-8-18(27)25-11-13-26(14-12-25)21-24-17-7-4-9-23-20(17)29-21/h2-7,9H,8,10-14H2,1H3,(H,22,28). The molecule has 1 fully saturated rings. The normalized spacial score (nSPS) is 14.2. The van der Waals surface area contributed by atoms with Gasteiger partial charge in [-0.3, -0.25) is 9.59 Å². The maximum Gasteiger partial charge on any atom is 0.251 e. The summed E-state index contributed by atoms with van der Waals surface area (Å²) in [7, 11) is 0. The molecule has 2 aromatic heterocycles. The van der Waals surface area contributed by atoms with Crippen LogP contribution in [0.15, 0.2) is 42.6 Å². The van der Waals surface area contributed by atoms with E-state index in [-0.39, 0.29) is 11.8 Å². The molecule has 29 heavy (non-hydrogen) atoms. The third-order valence-corrected chi connectivity index (χ3v) is 6.11. The van der Waals surface area contributed by atoms with Crippen molar-refractivity contribution in [3.8, 4) is 0 Å². The number of piperazine rings is 1. The number of aromatic nitrogens is 2. The fourth-order valence-corrected chi connectivity index (χ4v) is 4.37. The first-order chi connectivity index (χ1) is 14.1. The van der Waals surface area contributed by atoms with E-state index in [9.17, 15) is 9.59 Å². The summed E-state index contributed by atoms with van der Waals surface area (Å²) in [5.41, 5.74) is 2.49. The predicted octanol–water partition coefficient (Wildman–Crippen LogP) is 2.47. The number of anilines is 1. The lowest BCUT2D eigenvalue weighted by molar-refractivity contribution is -0.131. The number of nitrogens with zero attached hydrogens (tertiary/aromatic N) is 4. The number of thiazole rings is 1. The Hall–Kier alpha value is -3.00. The number of benzene rings is 1. The minimum atomic E-state index is -0.134. The highest BCUT2D eigenvalue weighted by Gasteiger charge is 2.23. The quantitative estimate of drug-likeness (QED) is 0.700. The zero-order valence-corrected chi connectivity index (χ0v) is 17.1. The van der Waals surface area contributed by atoms with Gasteiger partial charge in [-0.1, -0.05) is 29.5 Å². The van der Waals surface area contributed by atoms with E-state index in [0.29, 0.717) is 31.6 Å². The second kappa shape index (κ2) is 8.57. The van der Waals surface area contributed by atoms with Crippen LogP contribution < -0.4 is 10.2 Å². The van der Waals surface area contributed by atoms with Gasteiger partial charge >= 0.3 is 0 Å². The van der Waals surface area contributed by atoms with E-state index in [0.717, 1.165) is 34.1 Å². The fraction of sp³-hybridized carbons (Fsp3) is 0.333. The van der Waals surface area contributed by atoms with Crippen molar-refractivity contribution in [1.29, 1.82) is 0 Å². The third kappa shape index (κ3) is 4.37. The second-order valence-corrected chi connectivity index (χ2v) is 7.97. The number of rotatable bonds is 5. The Bertz CT molecular complexity index is 994. The molecule has 0 unspecified atom stereocenters. The SMILES string of the molecule is Cc1ccccc1C(=O)NCCC(=O)N1CCN(c2nc3cccnc3s2)CC1. The van der Waals surface area contributed by atoms with Crippen molar-refractivity contribution in [3.05, 3.63) is 53.7 Å². The van der Waals surface area contributed by atoms with Crippen molar-refractivity contribution in [3.63, 3.8) is 0 Å². The molecule has 0 spiro atoms. The first-order valence-electron chi connectivity index (χ1n) is 9.70. The van der Waals surface area contributed by atoms with Gasteiger partial charge in [-0.05, 0) is 30.7 Å². The second-order valence-electron chi connectivity index (χ2n) is 7.01. The summed E-state index contributed by atoms with van der Waals surface area (Å²) < 4.78 is 0. The molecule has 1 saturated heterocycles. The van der Waals surface area contributed by atoms with Gasteiger partial charge in [0.25, 0.3) is 5.91 Å². The number of fused-ring (bicyclic) bond motifs is 1. The summed E-state index contributed by atoms with van der Waals surface area (Å²) >= 11 is 1.58. The number of nitrogens with one attached hydrogen (secondary N) is 1. The molecule has 3 heterocycles. The number of amides is 2. The van der Waals surface area contributed by atoms with Crippen LogP contribution in [0.2, 0.25) is 0 Å². The van der Waals surface area contributed by atoms with E-state index >= 15 is 0 Å². The van der Waals surface area contributed by atoms with Crippen LogP contribution in [0.25, 0.3) is 10.3 Å². The van der Waals surface area contributed by atoms with Gasteiger partial charge in [-0.25, -0.2) is 9.97 Å². The van der Waals surface area contributed by atoms with E-state index in [2.05, 4.69) is 20.2 Å². The van der Waals surface area contributed by atoms with Crippen LogP contribution in [-0.4, -0.2) is 59.4 Å². The van der Waals surface area contributed by atoms with Crippen LogP contribution in [0, 0.1) is 6.92 Å². The number of carbonyl (C=O) groups excluding carboxylic acids is 2. The summed E-state index contributed by atoms with van der Waals surface area (Å²) in [5, 5.41) is 3.80. The Morgan fingerprint density at radius 1 is 1.10 bits per heavy atom. The third-order valence-electron chi connectivity index (χ3n) is 5.07. The molecule has 1 N–H and O–H groups in total. The number of carbonyl (C=O) groups is 2. The molecule has 0 bridgehead atoms. The molecule has 7 nitrogen and oxygen atoms in total. The van der Waals surface area contributed by atoms with Crippen LogP contribution in [0.5, 0.6) is 0 Å². The summed E-state index contributed by atoms with van der Waals surface area (Å²) in [4.78, 5) is 38.7. The summed E-state index contributed by atoms with van der Waals surface area (Å²) in [5.74, 6) is -0.0640. The summed E-state index contributed by atoms with van der Waals surface area (Å²) in [6.45, 7) is 5.07. The summed E-state index contributed by atoms with van der Waals surface area (Å²) in [6, 6.07) is 11.3. The highest BCUT2D eigenvalue weighted by molar-refractivity contribution is 7.21. The van der Waals surface area contributed by atoms with Crippen molar-refractivity contribution < 1.29 is 9.59 Å². The van der Waals surface area contributed by atoms with Crippen molar-refractivity contribution in [2.24, 2.45) is 0 Å². The molecule has 1 aliphatic rings. The zero-order valence-electron chi connectivity index (χ0n) is 16.3. The van der Waals surface area contributed by atoms with E-state index in [1.807, 2.05) is 42.2 Å². The molecule has 0 radical (unpaired) electrons. The number of pyridine rings is 1. The molecule has 0 atom stereocenters. The molecular formula is C21H23N5O2S. The molecule has 2 amide bonds. The molecule has 3 aromatic rings. The van der Waals surface area contributed by atoms with Gasteiger partial charge in [-0.2, -0.15) is 0 Å². The first kappa shape index (κ1) is 19.3. The van der Waals surface area contributed by atoms with Gasteiger partial charge in [0.1, 0.15) is 10.3 Å². The van der Waals surface area contributed by atoms with Crippen molar-refractivity contribution in [1.82, 2.24) is 20.2 Å². The topological polar surface area (TPSA) is 78.4 Å². The molecule has 4 rings (SSSR count).